The average Bonchev–Trinajstić information content (AvgIpc) is 2.20. The van der Waals surface area contributed by atoms with Crippen LogP contribution in [0.5, 0.6) is 0 Å². The number of nitrogens with zero attached hydrogens (tertiary/aromatic N) is 2. The van der Waals surface area contributed by atoms with Gasteiger partial charge in [-0.1, -0.05) is 27.7 Å². The monoisotopic (exact) mass is 190 g/mol. The smallest absolute Gasteiger partial charge is 0.101 e. The number of hydrogen-bond donors (Lipinski definition) is 0. The van der Waals surface area contributed by atoms with Gasteiger partial charge in [0.15, 0.2) is 0 Å². The average molecular weight is 190 g/mol. The van der Waals surface area contributed by atoms with Crippen molar-refractivity contribution in [3.05, 3.63) is 29.1 Å². The summed E-state index contributed by atoms with van der Waals surface area (Å²) in [6.45, 7) is 10.0. The number of pyridine rings is 1. The minimum Gasteiger partial charge on any atom is -0.257 e. The summed E-state index contributed by atoms with van der Waals surface area (Å²) >= 11 is 0. The molecular formula is C12H18N2. The SMILES string of the molecule is CC.Cc1nc(C(C)C)ccc1C#N. The van der Waals surface area contributed by atoms with Crippen LogP contribution in [-0.2, 0) is 0 Å². The third-order valence-corrected chi connectivity index (χ3v) is 1.82. The standard InChI is InChI=1S/C10H12N2.C2H6/c1-7(2)10-5-4-9(6-11)8(3)12-10;1-2/h4-5,7H,1-3H3;1-2H3. The van der Waals surface area contributed by atoms with Crippen LogP contribution in [0, 0.1) is 18.3 Å². The molecule has 0 fully saturated rings. The molecule has 0 aliphatic carbocycles. The molecule has 0 saturated heterocycles. The fraction of sp³-hybridized carbons (Fsp3) is 0.500. The lowest BCUT2D eigenvalue weighted by Gasteiger charge is -2.05. The molecule has 14 heavy (non-hydrogen) atoms. The number of aromatic nitrogens is 1. The van der Waals surface area contributed by atoms with Crippen molar-refractivity contribution < 1.29 is 0 Å². The molecule has 1 heterocycles. The van der Waals surface area contributed by atoms with E-state index in [2.05, 4.69) is 24.9 Å². The Morgan fingerprint density at radius 1 is 1.29 bits per heavy atom. The lowest BCUT2D eigenvalue weighted by molar-refractivity contribution is 0.814. The van der Waals surface area contributed by atoms with Crippen molar-refractivity contribution in [3.63, 3.8) is 0 Å². The topological polar surface area (TPSA) is 36.7 Å². The van der Waals surface area contributed by atoms with E-state index in [9.17, 15) is 0 Å². The molecule has 0 amide bonds. The van der Waals surface area contributed by atoms with E-state index in [1.807, 2.05) is 32.9 Å². The first-order valence-corrected chi connectivity index (χ1v) is 5.02. The van der Waals surface area contributed by atoms with E-state index in [1.165, 1.54) is 0 Å². The van der Waals surface area contributed by atoms with Gasteiger partial charge in [-0.05, 0) is 25.0 Å². The molecular weight excluding hydrogens is 172 g/mol. The summed E-state index contributed by atoms with van der Waals surface area (Å²) in [4.78, 5) is 4.32. The van der Waals surface area contributed by atoms with Crippen LogP contribution in [0.4, 0.5) is 0 Å². The van der Waals surface area contributed by atoms with Crippen molar-refractivity contribution in [3.8, 4) is 6.07 Å². The lowest BCUT2D eigenvalue weighted by Crippen LogP contribution is -1.96. The number of aryl methyl sites for hydroxylation is 1. The second-order valence-electron chi connectivity index (χ2n) is 3.14. The summed E-state index contributed by atoms with van der Waals surface area (Å²) in [5.74, 6) is 0.427. The van der Waals surface area contributed by atoms with Gasteiger partial charge in [0.2, 0.25) is 0 Å². The summed E-state index contributed by atoms with van der Waals surface area (Å²) in [6, 6.07) is 5.84. The molecule has 2 nitrogen and oxygen atoms in total. The van der Waals surface area contributed by atoms with Gasteiger partial charge in [-0.2, -0.15) is 5.26 Å². The van der Waals surface area contributed by atoms with Crippen molar-refractivity contribution in [1.29, 1.82) is 5.26 Å². The van der Waals surface area contributed by atoms with Gasteiger partial charge in [-0.25, -0.2) is 0 Å². The van der Waals surface area contributed by atoms with Crippen LogP contribution in [0.1, 0.15) is 50.6 Å². The number of hydrogen-bond acceptors (Lipinski definition) is 2. The van der Waals surface area contributed by atoms with Crippen LogP contribution in [0.2, 0.25) is 0 Å². The molecule has 0 unspecified atom stereocenters. The van der Waals surface area contributed by atoms with Crippen LogP contribution < -0.4 is 0 Å². The van der Waals surface area contributed by atoms with Crippen molar-refractivity contribution in [2.24, 2.45) is 0 Å². The second-order valence-corrected chi connectivity index (χ2v) is 3.14. The largest absolute Gasteiger partial charge is 0.257 e. The fourth-order valence-corrected chi connectivity index (χ4v) is 1.02. The third-order valence-electron chi connectivity index (χ3n) is 1.82. The summed E-state index contributed by atoms with van der Waals surface area (Å²) in [6.07, 6.45) is 0. The Hall–Kier alpha value is -1.36. The van der Waals surface area contributed by atoms with E-state index in [4.69, 9.17) is 5.26 Å². The zero-order valence-electron chi connectivity index (χ0n) is 9.63. The molecule has 0 N–H and O–H groups in total. The van der Waals surface area contributed by atoms with E-state index in [1.54, 1.807) is 0 Å². The maximum absolute atomic E-state index is 8.66. The minimum atomic E-state index is 0.427. The zero-order valence-corrected chi connectivity index (χ0v) is 9.63. The van der Waals surface area contributed by atoms with Crippen LogP contribution in [0.25, 0.3) is 0 Å². The Balaban J connectivity index is 0.000000791. The van der Waals surface area contributed by atoms with Gasteiger partial charge in [-0.15, -0.1) is 0 Å². The van der Waals surface area contributed by atoms with Crippen LogP contribution >= 0.6 is 0 Å². The van der Waals surface area contributed by atoms with Crippen molar-refractivity contribution >= 4 is 0 Å². The summed E-state index contributed by atoms with van der Waals surface area (Å²) < 4.78 is 0. The highest BCUT2D eigenvalue weighted by molar-refractivity contribution is 5.33. The molecule has 0 radical (unpaired) electrons. The van der Waals surface area contributed by atoms with Gasteiger partial charge in [0.25, 0.3) is 0 Å². The predicted octanol–water partition coefficient (Wildman–Crippen LogP) is 3.41. The summed E-state index contributed by atoms with van der Waals surface area (Å²) in [5.41, 5.74) is 2.54. The molecule has 2 heteroatoms. The molecule has 0 bridgehead atoms. The summed E-state index contributed by atoms with van der Waals surface area (Å²) in [7, 11) is 0. The fourth-order valence-electron chi connectivity index (χ4n) is 1.02. The zero-order chi connectivity index (χ0) is 11.1. The van der Waals surface area contributed by atoms with E-state index < -0.39 is 0 Å². The van der Waals surface area contributed by atoms with Crippen LogP contribution in [-0.4, -0.2) is 4.98 Å². The first-order valence-electron chi connectivity index (χ1n) is 5.02. The number of rotatable bonds is 1. The van der Waals surface area contributed by atoms with E-state index >= 15 is 0 Å². The second kappa shape index (κ2) is 6.15. The Kier molecular flexibility index (Phi) is 5.55. The maximum atomic E-state index is 8.66. The summed E-state index contributed by atoms with van der Waals surface area (Å²) in [5, 5.41) is 8.66. The normalized spacial score (nSPS) is 8.93. The first kappa shape index (κ1) is 12.6. The van der Waals surface area contributed by atoms with Gasteiger partial charge in [-0.3, -0.25) is 4.98 Å². The van der Waals surface area contributed by atoms with E-state index in [0.29, 0.717) is 11.5 Å². The highest BCUT2D eigenvalue weighted by atomic mass is 14.7. The molecule has 0 aliphatic rings. The molecule has 1 aromatic heterocycles. The molecule has 0 spiro atoms. The molecule has 76 valence electrons. The Morgan fingerprint density at radius 2 is 1.86 bits per heavy atom. The molecule has 0 atom stereocenters. The van der Waals surface area contributed by atoms with Gasteiger partial charge < -0.3 is 0 Å². The molecule has 0 aliphatic heterocycles. The number of nitriles is 1. The Morgan fingerprint density at radius 3 is 2.21 bits per heavy atom. The van der Waals surface area contributed by atoms with Gasteiger partial charge in [0, 0.05) is 5.69 Å². The molecule has 0 saturated carbocycles. The Bertz CT molecular complexity index is 322. The molecule has 1 aromatic rings. The Labute approximate surface area is 86.6 Å². The van der Waals surface area contributed by atoms with Crippen LogP contribution in [0.3, 0.4) is 0 Å². The predicted molar refractivity (Wildman–Crippen MR) is 59.1 cm³/mol. The van der Waals surface area contributed by atoms with Gasteiger partial charge in [0.05, 0.1) is 11.3 Å². The quantitative estimate of drug-likeness (QED) is 0.680. The first-order chi connectivity index (χ1) is 6.65. The van der Waals surface area contributed by atoms with Crippen LogP contribution in [0.15, 0.2) is 12.1 Å². The maximum Gasteiger partial charge on any atom is 0.101 e. The van der Waals surface area contributed by atoms with Crippen molar-refractivity contribution in [2.45, 2.75) is 40.5 Å². The highest BCUT2D eigenvalue weighted by Gasteiger charge is 2.03. The van der Waals surface area contributed by atoms with Gasteiger partial charge in [0.1, 0.15) is 6.07 Å². The minimum absolute atomic E-state index is 0.427. The third kappa shape index (κ3) is 3.18. The van der Waals surface area contributed by atoms with Gasteiger partial charge >= 0.3 is 0 Å². The highest BCUT2D eigenvalue weighted by Crippen LogP contribution is 2.13. The van der Waals surface area contributed by atoms with Crippen molar-refractivity contribution in [2.75, 3.05) is 0 Å². The van der Waals surface area contributed by atoms with E-state index in [-0.39, 0.29) is 0 Å². The lowest BCUT2D eigenvalue weighted by atomic mass is 10.1. The molecule has 1 rings (SSSR count). The molecule has 0 aromatic carbocycles. The van der Waals surface area contributed by atoms with Crippen molar-refractivity contribution in [1.82, 2.24) is 4.98 Å². The van der Waals surface area contributed by atoms with E-state index in [0.717, 1.165) is 11.4 Å².